The molecule has 0 heterocycles. The molecule has 0 atom stereocenters. The van der Waals surface area contributed by atoms with Gasteiger partial charge in [-0.25, -0.2) is 0 Å². The summed E-state index contributed by atoms with van der Waals surface area (Å²) in [5, 5.41) is 0. The molecule has 0 bridgehead atoms. The predicted molar refractivity (Wildman–Crippen MR) is 101 cm³/mol. The Bertz CT molecular complexity index is 588. The molecule has 2 aromatic carbocycles. The minimum absolute atomic E-state index is 1.15. The number of rotatable bonds is 2. The molecule has 0 aromatic heterocycles. The Morgan fingerprint density at radius 1 is 0.636 bits per heavy atom. The summed E-state index contributed by atoms with van der Waals surface area (Å²) in [7, 11) is 0. The van der Waals surface area contributed by atoms with Crippen molar-refractivity contribution < 1.29 is 0 Å². The summed E-state index contributed by atoms with van der Waals surface area (Å²) >= 11 is 0. The van der Waals surface area contributed by atoms with E-state index in [1.807, 2.05) is 27.7 Å². The summed E-state index contributed by atoms with van der Waals surface area (Å²) in [5.74, 6) is 0. The van der Waals surface area contributed by atoms with E-state index in [1.54, 1.807) is 0 Å². The van der Waals surface area contributed by atoms with Gasteiger partial charge in [0.25, 0.3) is 0 Å². The molecule has 2 aromatic rings. The molecule has 0 heteroatoms. The van der Waals surface area contributed by atoms with Crippen LogP contribution in [0.15, 0.2) is 72.8 Å². The zero-order valence-electron chi connectivity index (χ0n) is 14.3. The summed E-state index contributed by atoms with van der Waals surface area (Å²) in [6.07, 6.45) is 9.13. The van der Waals surface area contributed by atoms with Gasteiger partial charge in [-0.3, -0.25) is 0 Å². The molecule has 3 rings (SSSR count). The van der Waals surface area contributed by atoms with Gasteiger partial charge in [-0.2, -0.15) is 0 Å². The smallest absolute Gasteiger partial charge is 0.0178 e. The fourth-order valence-electron chi connectivity index (χ4n) is 2.34. The molecular formula is C22H28. The van der Waals surface area contributed by atoms with Crippen molar-refractivity contribution >= 4 is 5.57 Å². The van der Waals surface area contributed by atoms with Gasteiger partial charge in [-0.15, -0.1) is 0 Å². The van der Waals surface area contributed by atoms with E-state index >= 15 is 0 Å². The third kappa shape index (κ3) is 5.04. The van der Waals surface area contributed by atoms with Gasteiger partial charge in [-0.05, 0) is 41.2 Å². The maximum absolute atomic E-state index is 2.32. The van der Waals surface area contributed by atoms with E-state index in [-0.39, 0.29) is 0 Å². The highest BCUT2D eigenvalue weighted by molar-refractivity contribution is 5.78. The molecule has 1 aliphatic carbocycles. The fraction of sp³-hybridized carbons (Fsp3) is 0.273. The molecule has 0 radical (unpaired) electrons. The van der Waals surface area contributed by atoms with E-state index in [9.17, 15) is 0 Å². The molecule has 1 aliphatic rings. The summed E-state index contributed by atoms with van der Waals surface area (Å²) in [4.78, 5) is 0. The van der Waals surface area contributed by atoms with Crippen molar-refractivity contribution in [2.24, 2.45) is 0 Å². The molecule has 0 spiro atoms. The largest absolute Gasteiger partial charge is 0.0836 e. The maximum Gasteiger partial charge on any atom is -0.0178 e. The number of hydrogen-bond donors (Lipinski definition) is 0. The van der Waals surface area contributed by atoms with Crippen molar-refractivity contribution in [1.29, 1.82) is 0 Å². The molecule has 0 unspecified atom stereocenters. The van der Waals surface area contributed by atoms with Crippen LogP contribution < -0.4 is 0 Å². The van der Waals surface area contributed by atoms with Crippen LogP contribution in [0.2, 0.25) is 0 Å². The van der Waals surface area contributed by atoms with Gasteiger partial charge in [0.05, 0.1) is 0 Å². The third-order valence-corrected chi connectivity index (χ3v) is 3.30. The monoisotopic (exact) mass is 292 g/mol. The zero-order chi connectivity index (χ0) is 16.2. The van der Waals surface area contributed by atoms with Crippen LogP contribution in [-0.2, 0) is 0 Å². The lowest BCUT2D eigenvalue weighted by Crippen LogP contribution is -1.87. The standard InChI is InChI=1S/C18H16.2C2H6/c1-3-8-15(9-4-1)17-12-7-13-18(14-17)16-10-5-2-6-11-16;2*1-2/h1,3-5,7-14H,2,6H2;2*1-2H3. The SMILES string of the molecule is C1=CC(c2cccc(-c3ccccc3)c2)=CCC1.CC.CC. The van der Waals surface area contributed by atoms with Gasteiger partial charge in [0.2, 0.25) is 0 Å². The van der Waals surface area contributed by atoms with Crippen LogP contribution in [-0.4, -0.2) is 0 Å². The molecule has 116 valence electrons. The van der Waals surface area contributed by atoms with Gasteiger partial charge in [0, 0.05) is 0 Å². The van der Waals surface area contributed by atoms with Crippen molar-refractivity contribution in [2.75, 3.05) is 0 Å². The normalized spacial score (nSPS) is 12.3. The van der Waals surface area contributed by atoms with Crippen molar-refractivity contribution in [3.63, 3.8) is 0 Å². The molecule has 0 nitrogen and oxygen atoms in total. The van der Waals surface area contributed by atoms with Gasteiger partial charge in [0.1, 0.15) is 0 Å². The highest BCUT2D eigenvalue weighted by Crippen LogP contribution is 2.26. The van der Waals surface area contributed by atoms with Crippen molar-refractivity contribution in [2.45, 2.75) is 40.5 Å². The van der Waals surface area contributed by atoms with E-state index < -0.39 is 0 Å². The van der Waals surface area contributed by atoms with E-state index in [4.69, 9.17) is 0 Å². The molecule has 0 aliphatic heterocycles. The second-order valence-corrected chi connectivity index (χ2v) is 4.59. The van der Waals surface area contributed by atoms with Crippen molar-refractivity contribution in [3.8, 4) is 11.1 Å². The molecule has 0 saturated carbocycles. The average Bonchev–Trinajstić information content (AvgIpc) is 2.67. The van der Waals surface area contributed by atoms with E-state index in [2.05, 4.69) is 72.8 Å². The quantitative estimate of drug-likeness (QED) is 0.551. The molecule has 0 saturated heterocycles. The van der Waals surface area contributed by atoms with Crippen LogP contribution in [0, 0.1) is 0 Å². The Morgan fingerprint density at radius 3 is 1.91 bits per heavy atom. The molecule has 0 fully saturated rings. The first-order valence-corrected chi connectivity index (χ1v) is 8.46. The van der Waals surface area contributed by atoms with E-state index in [0.717, 1.165) is 6.42 Å². The lowest BCUT2D eigenvalue weighted by atomic mass is 9.96. The van der Waals surface area contributed by atoms with Crippen LogP contribution in [0.25, 0.3) is 16.7 Å². The van der Waals surface area contributed by atoms with Crippen molar-refractivity contribution in [1.82, 2.24) is 0 Å². The predicted octanol–water partition coefficient (Wildman–Crippen LogP) is 7.14. The lowest BCUT2D eigenvalue weighted by molar-refractivity contribution is 1.04. The second kappa shape index (κ2) is 10.6. The van der Waals surface area contributed by atoms with Gasteiger partial charge in [-0.1, -0.05) is 94.5 Å². The molecule has 22 heavy (non-hydrogen) atoms. The molecule has 0 N–H and O–H groups in total. The van der Waals surface area contributed by atoms with Crippen molar-refractivity contribution in [3.05, 3.63) is 78.4 Å². The van der Waals surface area contributed by atoms with E-state index in [1.165, 1.54) is 28.7 Å². The summed E-state index contributed by atoms with van der Waals surface area (Å²) < 4.78 is 0. The third-order valence-electron chi connectivity index (χ3n) is 3.30. The van der Waals surface area contributed by atoms with Crippen LogP contribution in [0.1, 0.15) is 46.1 Å². The topological polar surface area (TPSA) is 0 Å². The zero-order valence-corrected chi connectivity index (χ0v) is 14.3. The number of benzene rings is 2. The Balaban J connectivity index is 0.000000561. The first-order chi connectivity index (χ1) is 10.9. The van der Waals surface area contributed by atoms with Gasteiger partial charge < -0.3 is 0 Å². The Kier molecular flexibility index (Phi) is 8.67. The van der Waals surface area contributed by atoms with Crippen LogP contribution in [0.3, 0.4) is 0 Å². The molecule has 0 amide bonds. The first-order valence-electron chi connectivity index (χ1n) is 8.46. The van der Waals surface area contributed by atoms with Crippen LogP contribution in [0.4, 0.5) is 0 Å². The first kappa shape index (κ1) is 18.0. The molecular weight excluding hydrogens is 264 g/mol. The Hall–Kier alpha value is -2.08. The average molecular weight is 292 g/mol. The highest BCUT2D eigenvalue weighted by Gasteiger charge is 2.03. The van der Waals surface area contributed by atoms with Crippen LogP contribution >= 0.6 is 0 Å². The van der Waals surface area contributed by atoms with Gasteiger partial charge in [0.15, 0.2) is 0 Å². The Labute approximate surface area is 136 Å². The number of hydrogen-bond acceptors (Lipinski definition) is 0. The minimum atomic E-state index is 1.15. The van der Waals surface area contributed by atoms with E-state index in [0.29, 0.717) is 0 Å². The van der Waals surface area contributed by atoms with Crippen LogP contribution in [0.5, 0.6) is 0 Å². The second-order valence-electron chi connectivity index (χ2n) is 4.59. The summed E-state index contributed by atoms with van der Waals surface area (Å²) in [6.45, 7) is 8.00. The maximum atomic E-state index is 2.32. The van der Waals surface area contributed by atoms with Gasteiger partial charge >= 0.3 is 0 Å². The minimum Gasteiger partial charge on any atom is -0.0836 e. The highest BCUT2D eigenvalue weighted by atomic mass is 14.1. The fourth-order valence-corrected chi connectivity index (χ4v) is 2.34. The summed E-state index contributed by atoms with van der Waals surface area (Å²) in [6, 6.07) is 19.3. The lowest BCUT2D eigenvalue weighted by Gasteiger charge is -2.09. The summed E-state index contributed by atoms with van der Waals surface area (Å²) in [5.41, 5.74) is 5.22. The Morgan fingerprint density at radius 2 is 1.27 bits per heavy atom. The number of allylic oxidation sites excluding steroid dienone is 4.